The summed E-state index contributed by atoms with van der Waals surface area (Å²) in [6.07, 6.45) is 0.849. The van der Waals surface area contributed by atoms with Crippen molar-refractivity contribution in [1.29, 1.82) is 0 Å². The van der Waals surface area contributed by atoms with Crippen molar-refractivity contribution in [3.05, 3.63) is 46.4 Å². The van der Waals surface area contributed by atoms with Crippen LogP contribution in [0, 0.1) is 0 Å². The van der Waals surface area contributed by atoms with Crippen LogP contribution >= 0.6 is 28.3 Å². The van der Waals surface area contributed by atoms with E-state index < -0.39 is 0 Å². The number of halogens is 2. The molecule has 0 bridgehead atoms. The number of nitrogen functional groups attached to an aromatic ring is 1. The third-order valence-electron chi connectivity index (χ3n) is 3.05. The standard InChI is InChI=1S/C14H14BrN5.ClH/c15-9-1-3-10(4-2-9)19-20-12-7-8-17-14-11(12)5-6-13(16)18-14;/h1-6,19H,7-8H2,(H3,16,17,18);1H/b20-12+;. The molecule has 0 aliphatic carbocycles. The molecule has 5 nitrogen and oxygen atoms in total. The number of rotatable bonds is 2. The topological polar surface area (TPSA) is 75.3 Å². The van der Waals surface area contributed by atoms with Crippen LogP contribution < -0.4 is 16.5 Å². The molecule has 21 heavy (non-hydrogen) atoms. The SMILES string of the molecule is Cl.Nc1ccc2c(n1)NCC/C2=N\Nc1ccc(Br)cc1. The highest BCUT2D eigenvalue weighted by molar-refractivity contribution is 9.10. The number of nitrogens with zero attached hydrogens (tertiary/aromatic N) is 2. The fourth-order valence-corrected chi connectivity index (χ4v) is 2.31. The average Bonchev–Trinajstić information content (AvgIpc) is 2.46. The molecule has 1 aromatic heterocycles. The molecule has 4 N–H and O–H groups in total. The zero-order valence-corrected chi connectivity index (χ0v) is 13.5. The Kier molecular flexibility index (Phi) is 5.03. The van der Waals surface area contributed by atoms with Crippen LogP contribution in [0.2, 0.25) is 0 Å². The Morgan fingerprint density at radius 1 is 1.19 bits per heavy atom. The van der Waals surface area contributed by atoms with Crippen LogP contribution in [0.1, 0.15) is 12.0 Å². The normalized spacial score (nSPS) is 14.8. The number of hydrogen-bond acceptors (Lipinski definition) is 5. The first-order chi connectivity index (χ1) is 9.72. The summed E-state index contributed by atoms with van der Waals surface area (Å²) in [6.45, 7) is 0.810. The van der Waals surface area contributed by atoms with Gasteiger partial charge in [-0.3, -0.25) is 5.43 Å². The molecule has 2 heterocycles. The minimum absolute atomic E-state index is 0. The molecular formula is C14H15BrClN5. The first-order valence-electron chi connectivity index (χ1n) is 6.31. The van der Waals surface area contributed by atoms with Gasteiger partial charge in [-0.1, -0.05) is 15.9 Å². The average molecular weight is 369 g/mol. The molecule has 1 aliphatic rings. The molecule has 0 saturated heterocycles. The van der Waals surface area contributed by atoms with Crippen molar-refractivity contribution in [1.82, 2.24) is 4.98 Å². The lowest BCUT2D eigenvalue weighted by molar-refractivity contribution is 1.04. The molecule has 0 fully saturated rings. The van der Waals surface area contributed by atoms with Gasteiger partial charge in [0.05, 0.1) is 11.4 Å². The van der Waals surface area contributed by atoms with Crippen LogP contribution in [0.3, 0.4) is 0 Å². The summed E-state index contributed by atoms with van der Waals surface area (Å²) in [6, 6.07) is 11.6. The number of hydrogen-bond donors (Lipinski definition) is 3. The van der Waals surface area contributed by atoms with Crippen LogP contribution in [0.25, 0.3) is 0 Å². The van der Waals surface area contributed by atoms with E-state index in [1.807, 2.05) is 30.3 Å². The highest BCUT2D eigenvalue weighted by atomic mass is 79.9. The van der Waals surface area contributed by atoms with Crippen molar-refractivity contribution in [2.24, 2.45) is 5.10 Å². The number of aromatic nitrogens is 1. The Hall–Kier alpha value is -1.79. The van der Waals surface area contributed by atoms with Gasteiger partial charge < -0.3 is 11.1 Å². The predicted octanol–water partition coefficient (Wildman–Crippen LogP) is 3.48. The van der Waals surface area contributed by atoms with Gasteiger partial charge in [-0.05, 0) is 36.4 Å². The molecule has 7 heteroatoms. The second-order valence-corrected chi connectivity index (χ2v) is 5.40. The molecule has 110 valence electrons. The van der Waals surface area contributed by atoms with Crippen molar-refractivity contribution in [2.45, 2.75) is 6.42 Å². The van der Waals surface area contributed by atoms with Gasteiger partial charge >= 0.3 is 0 Å². The van der Waals surface area contributed by atoms with E-state index in [1.54, 1.807) is 6.07 Å². The van der Waals surface area contributed by atoms with Crippen LogP contribution in [0.4, 0.5) is 17.3 Å². The maximum Gasteiger partial charge on any atom is 0.137 e. The molecule has 1 aromatic carbocycles. The number of anilines is 3. The van der Waals surface area contributed by atoms with Crippen molar-refractivity contribution in [3.8, 4) is 0 Å². The molecule has 0 radical (unpaired) electrons. The zero-order valence-electron chi connectivity index (χ0n) is 11.1. The van der Waals surface area contributed by atoms with Crippen LogP contribution in [0.15, 0.2) is 46.0 Å². The maximum absolute atomic E-state index is 5.70. The Balaban J connectivity index is 0.00000161. The summed E-state index contributed by atoms with van der Waals surface area (Å²) in [4.78, 5) is 4.28. The summed E-state index contributed by atoms with van der Waals surface area (Å²) in [7, 11) is 0. The summed E-state index contributed by atoms with van der Waals surface area (Å²) >= 11 is 3.41. The highest BCUT2D eigenvalue weighted by Crippen LogP contribution is 2.22. The van der Waals surface area contributed by atoms with Crippen molar-refractivity contribution < 1.29 is 0 Å². The Morgan fingerprint density at radius 3 is 2.71 bits per heavy atom. The molecule has 1 aliphatic heterocycles. The van der Waals surface area contributed by atoms with Gasteiger partial charge in [-0.15, -0.1) is 12.4 Å². The van der Waals surface area contributed by atoms with E-state index in [1.165, 1.54) is 0 Å². The van der Waals surface area contributed by atoms with Gasteiger partial charge in [0.25, 0.3) is 0 Å². The molecule has 3 rings (SSSR count). The fourth-order valence-electron chi connectivity index (χ4n) is 2.05. The zero-order chi connectivity index (χ0) is 13.9. The van der Waals surface area contributed by atoms with Crippen molar-refractivity contribution in [3.63, 3.8) is 0 Å². The first kappa shape index (κ1) is 15.6. The number of hydrazone groups is 1. The van der Waals surface area contributed by atoms with Crippen molar-refractivity contribution >= 4 is 51.4 Å². The number of pyridine rings is 1. The summed E-state index contributed by atoms with van der Waals surface area (Å²) in [5, 5.41) is 7.72. The Labute approximate surface area is 137 Å². The van der Waals surface area contributed by atoms with Gasteiger partial charge in [0.1, 0.15) is 11.6 Å². The van der Waals surface area contributed by atoms with Crippen LogP contribution in [-0.4, -0.2) is 17.2 Å². The third-order valence-corrected chi connectivity index (χ3v) is 3.57. The maximum atomic E-state index is 5.70. The number of nitrogens with two attached hydrogens (primary N) is 1. The van der Waals surface area contributed by atoms with Crippen LogP contribution in [0.5, 0.6) is 0 Å². The summed E-state index contributed by atoms with van der Waals surface area (Å²) in [5.41, 5.74) is 11.7. The molecule has 0 amide bonds. The predicted molar refractivity (Wildman–Crippen MR) is 93.3 cm³/mol. The molecule has 0 atom stereocenters. The van der Waals surface area contributed by atoms with Gasteiger partial charge in [0, 0.05) is 23.0 Å². The fraction of sp³-hybridized carbons (Fsp3) is 0.143. The third kappa shape index (κ3) is 3.65. The Morgan fingerprint density at radius 2 is 1.95 bits per heavy atom. The molecule has 0 spiro atoms. The van der Waals surface area contributed by atoms with Crippen LogP contribution in [-0.2, 0) is 0 Å². The Bertz CT molecular complexity index is 657. The van der Waals surface area contributed by atoms with E-state index in [9.17, 15) is 0 Å². The lowest BCUT2D eigenvalue weighted by atomic mass is 10.1. The molecular weight excluding hydrogens is 354 g/mol. The van der Waals surface area contributed by atoms with E-state index in [0.29, 0.717) is 5.82 Å². The smallest absolute Gasteiger partial charge is 0.137 e. The highest BCUT2D eigenvalue weighted by Gasteiger charge is 2.16. The molecule has 0 unspecified atom stereocenters. The van der Waals surface area contributed by atoms with Gasteiger partial charge in [0.15, 0.2) is 0 Å². The molecule has 2 aromatic rings. The number of nitrogens with one attached hydrogen (secondary N) is 2. The van der Waals surface area contributed by atoms with Crippen molar-refractivity contribution in [2.75, 3.05) is 23.0 Å². The lowest BCUT2D eigenvalue weighted by Crippen LogP contribution is -2.21. The van der Waals surface area contributed by atoms with Gasteiger partial charge in [-0.2, -0.15) is 5.10 Å². The summed E-state index contributed by atoms with van der Waals surface area (Å²) < 4.78 is 1.04. The quantitative estimate of drug-likeness (QED) is 0.709. The first-order valence-corrected chi connectivity index (χ1v) is 7.10. The van der Waals surface area contributed by atoms with E-state index in [-0.39, 0.29) is 12.4 Å². The minimum Gasteiger partial charge on any atom is -0.384 e. The largest absolute Gasteiger partial charge is 0.384 e. The van der Waals surface area contributed by atoms with E-state index in [4.69, 9.17) is 5.73 Å². The second-order valence-electron chi connectivity index (χ2n) is 4.49. The minimum atomic E-state index is 0. The van der Waals surface area contributed by atoms with Gasteiger partial charge in [0.2, 0.25) is 0 Å². The second kappa shape index (κ2) is 6.78. The number of fused-ring (bicyclic) bond motifs is 1. The van der Waals surface area contributed by atoms with E-state index in [2.05, 4.69) is 36.8 Å². The number of benzene rings is 1. The van der Waals surface area contributed by atoms with E-state index >= 15 is 0 Å². The summed E-state index contributed by atoms with van der Waals surface area (Å²) in [5.74, 6) is 1.31. The lowest BCUT2D eigenvalue weighted by Gasteiger charge is -2.19. The van der Waals surface area contributed by atoms with E-state index in [0.717, 1.165) is 40.2 Å². The van der Waals surface area contributed by atoms with Gasteiger partial charge in [-0.25, -0.2) is 4.98 Å². The monoisotopic (exact) mass is 367 g/mol. The molecule has 0 saturated carbocycles.